The van der Waals surface area contributed by atoms with Crippen LogP contribution >= 0.6 is 11.6 Å². The van der Waals surface area contributed by atoms with Gasteiger partial charge in [-0.15, -0.1) is 0 Å². The van der Waals surface area contributed by atoms with Gasteiger partial charge in [0.15, 0.2) is 0 Å². The monoisotopic (exact) mass is 343 g/mol. The summed E-state index contributed by atoms with van der Waals surface area (Å²) in [7, 11) is 1.33. The molecule has 0 aliphatic carbocycles. The molecule has 1 aliphatic rings. The summed E-state index contributed by atoms with van der Waals surface area (Å²) in [4.78, 5) is 24.2. The van der Waals surface area contributed by atoms with Crippen molar-refractivity contribution in [3.8, 4) is 0 Å². The molecule has 1 N–H and O–H groups in total. The minimum atomic E-state index is -0.755. The molecule has 0 saturated carbocycles. The van der Waals surface area contributed by atoms with Crippen LogP contribution < -0.4 is 5.32 Å². The highest BCUT2D eigenvalue weighted by molar-refractivity contribution is 6.31. The molecule has 0 atom stereocenters. The van der Waals surface area contributed by atoms with Gasteiger partial charge in [0.25, 0.3) is 0 Å². The summed E-state index contributed by atoms with van der Waals surface area (Å²) >= 11 is 5.91. The van der Waals surface area contributed by atoms with Crippen LogP contribution in [0.4, 0.5) is 4.39 Å². The highest BCUT2D eigenvalue weighted by atomic mass is 35.5. The van der Waals surface area contributed by atoms with Crippen LogP contribution in [0.5, 0.6) is 0 Å². The van der Waals surface area contributed by atoms with Gasteiger partial charge in [-0.25, -0.2) is 4.39 Å². The van der Waals surface area contributed by atoms with Gasteiger partial charge in [-0.2, -0.15) is 0 Å². The van der Waals surface area contributed by atoms with Crippen molar-refractivity contribution in [3.63, 3.8) is 0 Å². The average Bonchev–Trinajstić information content (AvgIpc) is 2.55. The Labute approximate surface area is 139 Å². The number of benzene rings is 1. The highest BCUT2D eigenvalue weighted by Gasteiger charge is 2.41. The first-order valence-corrected chi connectivity index (χ1v) is 7.71. The molecular weight excluding hydrogens is 325 g/mol. The van der Waals surface area contributed by atoms with Crippen LogP contribution in [-0.4, -0.2) is 38.7 Å². The third kappa shape index (κ3) is 4.42. The van der Waals surface area contributed by atoms with Crippen molar-refractivity contribution in [1.29, 1.82) is 0 Å². The molecule has 0 unspecified atom stereocenters. The Hall–Kier alpha value is -1.66. The molecule has 1 aromatic rings. The minimum Gasteiger partial charge on any atom is -0.469 e. The maximum Gasteiger partial charge on any atom is 0.313 e. The lowest BCUT2D eigenvalue weighted by molar-refractivity contribution is -0.158. The van der Waals surface area contributed by atoms with Crippen LogP contribution in [0.3, 0.4) is 0 Å². The standard InChI is InChI=1S/C16H19ClFNO4/c1-22-15(21)16(4-6-23-7-5-16)10-19-14(20)8-11-2-3-12(18)9-13(11)17/h2-3,9H,4-8,10H2,1H3,(H,19,20). The van der Waals surface area contributed by atoms with Crippen molar-refractivity contribution in [2.24, 2.45) is 5.41 Å². The Morgan fingerprint density at radius 2 is 2.09 bits per heavy atom. The summed E-state index contributed by atoms with van der Waals surface area (Å²) in [5, 5.41) is 2.95. The zero-order chi connectivity index (χ0) is 16.9. The SMILES string of the molecule is COC(=O)C1(CNC(=O)Cc2ccc(F)cc2Cl)CCOCC1. The van der Waals surface area contributed by atoms with Crippen LogP contribution in [0.25, 0.3) is 0 Å². The van der Waals surface area contributed by atoms with Crippen molar-refractivity contribution >= 4 is 23.5 Å². The first kappa shape index (κ1) is 17.7. The van der Waals surface area contributed by atoms with E-state index in [0.717, 1.165) is 0 Å². The van der Waals surface area contributed by atoms with E-state index in [-0.39, 0.29) is 29.9 Å². The highest BCUT2D eigenvalue weighted by Crippen LogP contribution is 2.31. The molecule has 23 heavy (non-hydrogen) atoms. The molecule has 2 rings (SSSR count). The first-order valence-electron chi connectivity index (χ1n) is 7.34. The second kappa shape index (κ2) is 7.75. The van der Waals surface area contributed by atoms with E-state index in [1.807, 2.05) is 0 Å². The van der Waals surface area contributed by atoms with Gasteiger partial charge in [-0.05, 0) is 30.5 Å². The summed E-state index contributed by atoms with van der Waals surface area (Å²) in [5.41, 5.74) is -0.223. The number of amides is 1. The maximum absolute atomic E-state index is 13.0. The van der Waals surface area contributed by atoms with Gasteiger partial charge >= 0.3 is 5.97 Å². The van der Waals surface area contributed by atoms with Crippen LogP contribution in [0, 0.1) is 11.2 Å². The van der Waals surface area contributed by atoms with Crippen LogP contribution in [0.15, 0.2) is 18.2 Å². The first-order chi connectivity index (χ1) is 11.0. The van der Waals surface area contributed by atoms with E-state index >= 15 is 0 Å². The van der Waals surface area contributed by atoms with Crippen molar-refractivity contribution in [1.82, 2.24) is 5.32 Å². The van der Waals surface area contributed by atoms with E-state index in [4.69, 9.17) is 21.1 Å². The lowest BCUT2D eigenvalue weighted by atomic mass is 9.80. The van der Waals surface area contributed by atoms with E-state index in [1.54, 1.807) is 0 Å². The Morgan fingerprint density at radius 3 is 2.70 bits per heavy atom. The van der Waals surface area contributed by atoms with Crippen LogP contribution in [0.2, 0.25) is 5.02 Å². The Kier molecular flexibility index (Phi) is 5.96. The average molecular weight is 344 g/mol. The van der Waals surface area contributed by atoms with Gasteiger partial charge in [0.2, 0.25) is 5.91 Å². The summed E-state index contributed by atoms with van der Waals surface area (Å²) in [6.45, 7) is 1.09. The largest absolute Gasteiger partial charge is 0.469 e. The van der Waals surface area contributed by atoms with Gasteiger partial charge in [-0.1, -0.05) is 17.7 Å². The summed E-state index contributed by atoms with van der Waals surface area (Å²) in [5.74, 6) is -1.08. The predicted octanol–water partition coefficient (Wildman–Crippen LogP) is 2.11. The quantitative estimate of drug-likeness (QED) is 0.832. The molecule has 5 nitrogen and oxygen atoms in total. The Morgan fingerprint density at radius 1 is 1.39 bits per heavy atom. The van der Waals surface area contributed by atoms with E-state index in [9.17, 15) is 14.0 Å². The number of nitrogens with one attached hydrogen (secondary N) is 1. The molecule has 1 amide bonds. The summed E-state index contributed by atoms with van der Waals surface area (Å²) in [6.07, 6.45) is 1.02. The molecular formula is C16H19ClFNO4. The van der Waals surface area contributed by atoms with Gasteiger partial charge in [0, 0.05) is 24.8 Å². The number of ether oxygens (including phenoxy) is 2. The summed E-state index contributed by atoms with van der Waals surface area (Å²) in [6, 6.07) is 3.89. The zero-order valence-corrected chi connectivity index (χ0v) is 13.6. The fraction of sp³-hybridized carbons (Fsp3) is 0.500. The number of hydrogen-bond acceptors (Lipinski definition) is 4. The molecule has 0 bridgehead atoms. The van der Waals surface area contributed by atoms with E-state index in [0.29, 0.717) is 31.6 Å². The predicted molar refractivity (Wildman–Crippen MR) is 82.6 cm³/mol. The van der Waals surface area contributed by atoms with Crippen LogP contribution in [0.1, 0.15) is 18.4 Å². The molecule has 1 fully saturated rings. The number of esters is 1. The van der Waals surface area contributed by atoms with Gasteiger partial charge in [0.1, 0.15) is 5.82 Å². The van der Waals surface area contributed by atoms with Gasteiger partial charge in [-0.3, -0.25) is 9.59 Å². The molecule has 1 heterocycles. The number of rotatable bonds is 5. The van der Waals surface area contributed by atoms with Crippen molar-refractivity contribution in [2.75, 3.05) is 26.9 Å². The molecule has 1 saturated heterocycles. The Bertz CT molecular complexity index is 587. The maximum atomic E-state index is 13.0. The Balaban J connectivity index is 1.97. The van der Waals surface area contributed by atoms with E-state index in [2.05, 4.69) is 5.32 Å². The van der Waals surface area contributed by atoms with Crippen molar-refractivity contribution in [2.45, 2.75) is 19.3 Å². The fourth-order valence-corrected chi connectivity index (χ4v) is 2.83. The minimum absolute atomic E-state index is 0.0207. The lowest BCUT2D eigenvalue weighted by Crippen LogP contribution is -2.47. The van der Waals surface area contributed by atoms with Gasteiger partial charge in [0.05, 0.1) is 18.9 Å². The molecule has 1 aliphatic heterocycles. The van der Waals surface area contributed by atoms with Crippen molar-refractivity contribution in [3.05, 3.63) is 34.6 Å². The van der Waals surface area contributed by atoms with Crippen LogP contribution in [-0.2, 0) is 25.5 Å². The third-order valence-electron chi connectivity index (χ3n) is 4.06. The third-order valence-corrected chi connectivity index (χ3v) is 4.41. The number of carbonyl (C=O) groups is 2. The van der Waals surface area contributed by atoms with Crippen molar-refractivity contribution < 1.29 is 23.5 Å². The lowest BCUT2D eigenvalue weighted by Gasteiger charge is -2.34. The number of hydrogen-bond donors (Lipinski definition) is 1. The molecule has 126 valence electrons. The summed E-state index contributed by atoms with van der Waals surface area (Å²) < 4.78 is 23.1. The van der Waals surface area contributed by atoms with Gasteiger partial charge < -0.3 is 14.8 Å². The number of methoxy groups -OCH3 is 1. The molecule has 1 aromatic carbocycles. The molecule has 0 spiro atoms. The molecule has 7 heteroatoms. The molecule has 0 aromatic heterocycles. The second-order valence-corrected chi connectivity index (χ2v) is 5.98. The topological polar surface area (TPSA) is 64.6 Å². The van der Waals surface area contributed by atoms with E-state index in [1.165, 1.54) is 25.3 Å². The molecule has 0 radical (unpaired) electrons. The number of halogens is 2. The zero-order valence-electron chi connectivity index (χ0n) is 12.9. The second-order valence-electron chi connectivity index (χ2n) is 5.57. The fourth-order valence-electron chi connectivity index (χ4n) is 2.60. The number of carbonyl (C=O) groups excluding carboxylic acids is 2. The smallest absolute Gasteiger partial charge is 0.313 e. The van der Waals surface area contributed by atoms with E-state index < -0.39 is 11.2 Å². The normalized spacial score (nSPS) is 16.7.